The van der Waals surface area contributed by atoms with Crippen molar-refractivity contribution in [3.05, 3.63) is 59.2 Å². The second-order valence-corrected chi connectivity index (χ2v) is 8.08. The van der Waals surface area contributed by atoms with Gasteiger partial charge in [0.05, 0.1) is 10.2 Å². The Kier molecular flexibility index (Phi) is 3.37. The van der Waals surface area contributed by atoms with Crippen LogP contribution in [0.4, 0.5) is 5.13 Å². The molecule has 0 unspecified atom stereocenters. The monoisotopic (exact) mass is 388 g/mol. The lowest BCUT2D eigenvalue weighted by Gasteiger charge is -2.18. The maximum atomic E-state index is 12.7. The molecule has 1 aromatic heterocycles. The van der Waals surface area contributed by atoms with E-state index in [1.54, 1.807) is 18.2 Å². The minimum Gasteiger partial charge on any atom is -0.486 e. The highest BCUT2D eigenvalue weighted by molar-refractivity contribution is 7.22. The topological polar surface area (TPSA) is 60.5 Å². The third-order valence-corrected chi connectivity index (χ3v) is 6.29. The van der Waals surface area contributed by atoms with Crippen molar-refractivity contribution in [1.29, 1.82) is 0 Å². The number of nitrogens with zero attached hydrogens (tertiary/aromatic N) is 1. The van der Waals surface area contributed by atoms with E-state index >= 15 is 0 Å². The molecule has 2 aliphatic rings. The number of thiazole rings is 1. The third kappa shape index (κ3) is 2.38. The maximum absolute atomic E-state index is 12.7. The zero-order chi connectivity index (χ0) is 18.7. The Morgan fingerprint density at radius 1 is 1.00 bits per heavy atom. The Morgan fingerprint density at radius 2 is 1.86 bits per heavy atom. The van der Waals surface area contributed by atoms with Crippen molar-refractivity contribution in [2.24, 2.45) is 0 Å². The Labute approximate surface area is 164 Å². The van der Waals surface area contributed by atoms with Gasteiger partial charge in [0.25, 0.3) is 5.91 Å². The molecular formula is C22H16N2O3S. The molecule has 0 saturated heterocycles. The predicted molar refractivity (Wildman–Crippen MR) is 110 cm³/mol. The zero-order valence-corrected chi connectivity index (χ0v) is 15.8. The molecule has 4 aromatic rings. The molecule has 6 heteroatoms. The van der Waals surface area contributed by atoms with Crippen LogP contribution in [0.25, 0.3) is 21.0 Å². The SMILES string of the molecule is O=C(Nc1nc2c(cc3c4c(cccc42)CC3)s1)c1ccc2c(c1)OCCO2. The van der Waals surface area contributed by atoms with Crippen molar-refractivity contribution in [3.63, 3.8) is 0 Å². The molecule has 5 nitrogen and oxygen atoms in total. The molecule has 1 amide bonds. The first-order valence-corrected chi connectivity index (χ1v) is 10.1. The summed E-state index contributed by atoms with van der Waals surface area (Å²) in [6.45, 7) is 1.02. The molecule has 2 heterocycles. The number of fused-ring (bicyclic) bond motifs is 3. The molecule has 0 saturated carbocycles. The average Bonchev–Trinajstić information content (AvgIpc) is 3.33. The van der Waals surface area contributed by atoms with Crippen LogP contribution in [0.5, 0.6) is 11.5 Å². The van der Waals surface area contributed by atoms with Gasteiger partial charge < -0.3 is 9.47 Å². The molecule has 28 heavy (non-hydrogen) atoms. The molecule has 0 spiro atoms. The molecular weight excluding hydrogens is 372 g/mol. The minimum atomic E-state index is -0.201. The van der Waals surface area contributed by atoms with E-state index in [4.69, 9.17) is 14.5 Å². The molecule has 0 atom stereocenters. The fraction of sp³-hybridized carbons (Fsp3) is 0.182. The van der Waals surface area contributed by atoms with E-state index in [1.807, 2.05) is 0 Å². The number of carbonyl (C=O) groups is 1. The first-order chi connectivity index (χ1) is 13.8. The summed E-state index contributed by atoms with van der Waals surface area (Å²) in [6.07, 6.45) is 2.17. The fourth-order valence-corrected chi connectivity index (χ4v) is 5.05. The van der Waals surface area contributed by atoms with Crippen molar-refractivity contribution >= 4 is 43.4 Å². The van der Waals surface area contributed by atoms with Gasteiger partial charge in [0.15, 0.2) is 16.6 Å². The van der Waals surface area contributed by atoms with Gasteiger partial charge in [-0.25, -0.2) is 4.98 Å². The van der Waals surface area contributed by atoms with Gasteiger partial charge in [-0.3, -0.25) is 10.1 Å². The van der Waals surface area contributed by atoms with E-state index in [0.717, 1.165) is 23.1 Å². The summed E-state index contributed by atoms with van der Waals surface area (Å²) in [4.78, 5) is 17.5. The van der Waals surface area contributed by atoms with Crippen molar-refractivity contribution < 1.29 is 14.3 Å². The molecule has 0 fully saturated rings. The third-order valence-electron chi connectivity index (χ3n) is 5.37. The van der Waals surface area contributed by atoms with Crippen LogP contribution < -0.4 is 14.8 Å². The molecule has 138 valence electrons. The predicted octanol–water partition coefficient (Wildman–Crippen LogP) is 4.57. The lowest BCUT2D eigenvalue weighted by atomic mass is 10.0. The molecule has 0 radical (unpaired) electrons. The number of aromatic nitrogens is 1. The van der Waals surface area contributed by atoms with Gasteiger partial charge in [0, 0.05) is 10.9 Å². The smallest absolute Gasteiger partial charge is 0.257 e. The van der Waals surface area contributed by atoms with Gasteiger partial charge in [-0.1, -0.05) is 29.5 Å². The lowest BCUT2D eigenvalue weighted by molar-refractivity contribution is 0.102. The highest BCUT2D eigenvalue weighted by Crippen LogP contribution is 2.39. The van der Waals surface area contributed by atoms with Crippen LogP contribution in [0.1, 0.15) is 21.5 Å². The first kappa shape index (κ1) is 15.9. The summed E-state index contributed by atoms with van der Waals surface area (Å²) < 4.78 is 12.2. The maximum Gasteiger partial charge on any atom is 0.257 e. The first-order valence-electron chi connectivity index (χ1n) is 9.31. The Bertz CT molecular complexity index is 1280. The van der Waals surface area contributed by atoms with Gasteiger partial charge in [-0.05, 0) is 53.6 Å². The number of benzene rings is 3. The summed E-state index contributed by atoms with van der Waals surface area (Å²) in [6, 6.07) is 13.9. The van der Waals surface area contributed by atoms with E-state index in [0.29, 0.717) is 35.4 Å². The van der Waals surface area contributed by atoms with Gasteiger partial charge in [0.1, 0.15) is 13.2 Å². The Morgan fingerprint density at radius 3 is 2.79 bits per heavy atom. The molecule has 1 aliphatic carbocycles. The van der Waals surface area contributed by atoms with Crippen LogP contribution >= 0.6 is 11.3 Å². The standard InChI is InChI=1S/C22H16N2O3S/c25-21(14-6-7-16-17(10-14)27-9-8-26-16)24-22-23-20-15-3-1-2-12-4-5-13(19(12)15)11-18(20)28-22/h1-3,6-7,10-11H,4-5,8-9H2,(H,23,24,25). The van der Waals surface area contributed by atoms with Crippen LogP contribution in [-0.4, -0.2) is 24.1 Å². The van der Waals surface area contributed by atoms with E-state index in [-0.39, 0.29) is 5.91 Å². The zero-order valence-electron chi connectivity index (χ0n) is 15.0. The quantitative estimate of drug-likeness (QED) is 0.546. The van der Waals surface area contributed by atoms with Crippen LogP contribution in [-0.2, 0) is 12.8 Å². The average molecular weight is 388 g/mol. The Hall–Kier alpha value is -3.12. The lowest BCUT2D eigenvalue weighted by Crippen LogP contribution is -2.17. The number of aryl methyl sites for hydroxylation is 2. The summed E-state index contributed by atoms with van der Waals surface area (Å²) in [5.41, 5.74) is 4.26. The second kappa shape index (κ2) is 5.94. The van der Waals surface area contributed by atoms with Gasteiger partial charge >= 0.3 is 0 Å². The largest absolute Gasteiger partial charge is 0.486 e. The molecule has 1 aliphatic heterocycles. The molecule has 1 N–H and O–H groups in total. The number of nitrogens with one attached hydrogen (secondary N) is 1. The van der Waals surface area contributed by atoms with E-state index in [9.17, 15) is 4.79 Å². The van der Waals surface area contributed by atoms with Crippen molar-refractivity contribution in [2.45, 2.75) is 12.8 Å². The normalized spacial score (nSPS) is 14.6. The summed E-state index contributed by atoms with van der Waals surface area (Å²) in [5, 5.41) is 6.07. The summed E-state index contributed by atoms with van der Waals surface area (Å²) in [5.74, 6) is 1.08. The minimum absolute atomic E-state index is 0.201. The van der Waals surface area contributed by atoms with Crippen LogP contribution in [0, 0.1) is 0 Å². The number of anilines is 1. The highest BCUT2D eigenvalue weighted by Gasteiger charge is 2.20. The number of ether oxygens (including phenoxy) is 2. The van der Waals surface area contributed by atoms with E-state index in [2.05, 4.69) is 29.6 Å². The molecule has 3 aromatic carbocycles. The number of hydrogen-bond donors (Lipinski definition) is 1. The van der Waals surface area contributed by atoms with E-state index < -0.39 is 0 Å². The second-order valence-electron chi connectivity index (χ2n) is 7.05. The van der Waals surface area contributed by atoms with Gasteiger partial charge in [-0.2, -0.15) is 0 Å². The summed E-state index contributed by atoms with van der Waals surface area (Å²) in [7, 11) is 0. The summed E-state index contributed by atoms with van der Waals surface area (Å²) >= 11 is 1.52. The van der Waals surface area contributed by atoms with Gasteiger partial charge in [0.2, 0.25) is 0 Å². The number of rotatable bonds is 2. The number of amides is 1. The van der Waals surface area contributed by atoms with Gasteiger partial charge in [-0.15, -0.1) is 0 Å². The van der Waals surface area contributed by atoms with Crippen molar-refractivity contribution in [1.82, 2.24) is 4.98 Å². The Balaban J connectivity index is 1.37. The number of carbonyl (C=O) groups excluding carboxylic acids is 1. The van der Waals surface area contributed by atoms with E-state index in [1.165, 1.54) is 33.2 Å². The number of hydrogen-bond acceptors (Lipinski definition) is 5. The fourth-order valence-electron chi connectivity index (χ4n) is 4.11. The van der Waals surface area contributed by atoms with Crippen LogP contribution in [0.15, 0.2) is 42.5 Å². The van der Waals surface area contributed by atoms with Crippen molar-refractivity contribution in [3.8, 4) is 11.5 Å². The highest BCUT2D eigenvalue weighted by atomic mass is 32.1. The van der Waals surface area contributed by atoms with Crippen LogP contribution in [0.2, 0.25) is 0 Å². The van der Waals surface area contributed by atoms with Crippen LogP contribution in [0.3, 0.4) is 0 Å². The van der Waals surface area contributed by atoms with Crippen molar-refractivity contribution in [2.75, 3.05) is 18.5 Å². The molecule has 6 rings (SSSR count). The molecule has 0 bridgehead atoms.